The number of carbonyl (C=O) groups is 1. The summed E-state index contributed by atoms with van der Waals surface area (Å²) >= 11 is 6.12. The van der Waals surface area contributed by atoms with Crippen LogP contribution in [0.1, 0.15) is 37.7 Å². The summed E-state index contributed by atoms with van der Waals surface area (Å²) < 4.78 is 0. The van der Waals surface area contributed by atoms with Gasteiger partial charge >= 0.3 is 0 Å². The Bertz CT molecular complexity index is 608. The van der Waals surface area contributed by atoms with Crippen molar-refractivity contribution >= 4 is 35.1 Å². The Morgan fingerprint density at radius 3 is 2.68 bits per heavy atom. The van der Waals surface area contributed by atoms with Crippen LogP contribution in [0.2, 0.25) is 5.02 Å². The highest BCUT2D eigenvalue weighted by Crippen LogP contribution is 2.35. The molecule has 2 fully saturated rings. The number of nitrogens with two attached hydrogens (primary N) is 1. The molecule has 1 aromatic carbocycles. The lowest BCUT2D eigenvalue weighted by Crippen LogP contribution is -2.57. The Hall–Kier alpha value is -1.75. The number of piperidine rings is 2. The van der Waals surface area contributed by atoms with Gasteiger partial charge in [0.1, 0.15) is 0 Å². The molecule has 0 radical (unpaired) electrons. The van der Waals surface area contributed by atoms with Gasteiger partial charge in [-0.1, -0.05) is 11.6 Å². The van der Waals surface area contributed by atoms with E-state index in [1.807, 2.05) is 6.07 Å². The molecular weight excluding hydrogens is 300 g/mol. The topological polar surface area (TPSA) is 82.2 Å². The summed E-state index contributed by atoms with van der Waals surface area (Å²) in [5, 5.41) is 11.4. The highest BCUT2D eigenvalue weighted by atomic mass is 35.5. The molecule has 3 rings (SSSR count). The third-order valence-electron chi connectivity index (χ3n) is 4.82. The fourth-order valence-electron chi connectivity index (χ4n) is 3.60. The zero-order valence-corrected chi connectivity index (χ0v) is 13.2. The maximum Gasteiger partial charge on any atom is 0.220 e. The van der Waals surface area contributed by atoms with Crippen LogP contribution >= 0.6 is 11.6 Å². The molecule has 5 nitrogen and oxygen atoms in total. The zero-order chi connectivity index (χ0) is 15.7. The first-order valence-corrected chi connectivity index (χ1v) is 8.06. The molecule has 0 aliphatic carbocycles. The van der Waals surface area contributed by atoms with Crippen molar-refractivity contribution in [2.45, 2.75) is 37.6 Å². The molecule has 0 aromatic heterocycles. The molecule has 0 atom stereocenters. The maximum atomic E-state index is 11.7. The van der Waals surface area contributed by atoms with E-state index in [9.17, 15) is 4.79 Å². The van der Waals surface area contributed by atoms with E-state index >= 15 is 0 Å². The lowest BCUT2D eigenvalue weighted by Gasteiger charge is -2.45. The van der Waals surface area contributed by atoms with E-state index in [-0.39, 0.29) is 11.4 Å². The Morgan fingerprint density at radius 1 is 1.32 bits per heavy atom. The fourth-order valence-corrected chi connectivity index (χ4v) is 3.82. The molecule has 0 saturated carbocycles. The third kappa shape index (κ3) is 2.77. The summed E-state index contributed by atoms with van der Waals surface area (Å²) in [5.41, 5.74) is 8.09. The smallest absolute Gasteiger partial charge is 0.220 e. The van der Waals surface area contributed by atoms with Crippen LogP contribution in [-0.4, -0.2) is 30.8 Å². The van der Waals surface area contributed by atoms with Crippen LogP contribution in [0.25, 0.3) is 0 Å². The molecule has 2 saturated heterocycles. The van der Waals surface area contributed by atoms with Crippen molar-refractivity contribution in [3.05, 3.63) is 22.7 Å². The monoisotopic (exact) mass is 320 g/mol. The average molecular weight is 321 g/mol. The number of halogens is 1. The van der Waals surface area contributed by atoms with Crippen LogP contribution in [0.3, 0.4) is 0 Å². The molecule has 1 spiro atoms. The third-order valence-corrected chi connectivity index (χ3v) is 5.04. The Morgan fingerprint density at radius 2 is 2.05 bits per heavy atom. The largest absolute Gasteiger partial charge is 0.398 e. The summed E-state index contributed by atoms with van der Waals surface area (Å²) in [4.78, 5) is 13.9. The molecule has 0 unspecified atom stereocenters. The summed E-state index contributed by atoms with van der Waals surface area (Å²) in [5.74, 6) is 0.173. The van der Waals surface area contributed by atoms with Crippen LogP contribution in [0.15, 0.2) is 12.1 Å². The van der Waals surface area contributed by atoms with Crippen molar-refractivity contribution in [1.82, 2.24) is 5.32 Å². The van der Waals surface area contributed by atoms with Crippen molar-refractivity contribution in [2.24, 2.45) is 0 Å². The van der Waals surface area contributed by atoms with Crippen LogP contribution in [0.4, 0.5) is 11.4 Å². The van der Waals surface area contributed by atoms with Gasteiger partial charge in [-0.3, -0.25) is 4.79 Å². The highest BCUT2D eigenvalue weighted by Gasteiger charge is 2.38. The number of rotatable bonds is 2. The lowest BCUT2D eigenvalue weighted by atomic mass is 9.80. The minimum Gasteiger partial charge on any atom is -0.398 e. The Kier molecular flexibility index (Phi) is 4.00. The van der Waals surface area contributed by atoms with Gasteiger partial charge in [-0.15, -0.1) is 0 Å². The predicted octanol–water partition coefficient (Wildman–Crippen LogP) is 2.56. The van der Waals surface area contributed by atoms with Crippen molar-refractivity contribution in [3.63, 3.8) is 0 Å². The minimum absolute atomic E-state index is 0.0409. The first kappa shape index (κ1) is 15.2. The van der Waals surface area contributed by atoms with Crippen LogP contribution in [-0.2, 0) is 4.79 Å². The predicted molar refractivity (Wildman–Crippen MR) is 89.9 cm³/mol. The maximum absolute atomic E-state index is 11.7. The molecule has 2 heterocycles. The van der Waals surface area contributed by atoms with Crippen molar-refractivity contribution in [1.29, 1.82) is 5.41 Å². The Labute approximate surface area is 135 Å². The second-order valence-corrected chi connectivity index (χ2v) is 6.68. The molecule has 0 bridgehead atoms. The minimum atomic E-state index is -0.0409. The number of hydrogen-bond donors (Lipinski definition) is 3. The van der Waals surface area contributed by atoms with Crippen molar-refractivity contribution in [2.75, 3.05) is 23.7 Å². The van der Waals surface area contributed by atoms with Crippen LogP contribution in [0, 0.1) is 5.41 Å². The van der Waals surface area contributed by atoms with Gasteiger partial charge < -0.3 is 21.4 Å². The number of nitrogens with zero attached hydrogens (tertiary/aromatic N) is 1. The van der Waals surface area contributed by atoms with Crippen molar-refractivity contribution in [3.8, 4) is 0 Å². The van der Waals surface area contributed by atoms with Gasteiger partial charge in [0.05, 0.1) is 0 Å². The van der Waals surface area contributed by atoms with Crippen LogP contribution in [0.5, 0.6) is 0 Å². The van der Waals surface area contributed by atoms with E-state index < -0.39 is 0 Å². The molecule has 118 valence electrons. The second kappa shape index (κ2) is 5.80. The molecular formula is C16H21ClN4O. The summed E-state index contributed by atoms with van der Waals surface area (Å²) in [6, 6.07) is 3.55. The number of nitrogens with one attached hydrogen (secondary N) is 2. The molecule has 22 heavy (non-hydrogen) atoms. The quantitative estimate of drug-likeness (QED) is 0.578. The average Bonchev–Trinajstić information content (AvgIpc) is 2.47. The standard InChI is InChI=1S/C16H21ClN4O/c17-11-8-13(19)12(10-18)14(9-11)21-6-4-16(5-7-21)3-1-2-15(22)20-16/h8-10,18H,1-7,19H2,(H,20,22). The van der Waals surface area contributed by atoms with E-state index in [1.54, 1.807) is 6.07 Å². The number of hydrogen-bond acceptors (Lipinski definition) is 4. The van der Waals surface area contributed by atoms with Gasteiger partial charge in [-0.2, -0.15) is 0 Å². The number of nitrogen functional groups attached to an aromatic ring is 1. The van der Waals surface area contributed by atoms with Gasteiger partial charge in [-0.05, 0) is 37.8 Å². The number of carbonyl (C=O) groups excluding carboxylic acids is 1. The molecule has 6 heteroatoms. The lowest BCUT2D eigenvalue weighted by molar-refractivity contribution is -0.125. The Balaban J connectivity index is 1.79. The summed E-state index contributed by atoms with van der Waals surface area (Å²) in [6.07, 6.45) is 5.80. The fraction of sp³-hybridized carbons (Fsp3) is 0.500. The first-order chi connectivity index (χ1) is 10.5. The van der Waals surface area contributed by atoms with Crippen LogP contribution < -0.4 is 16.0 Å². The molecule has 2 aliphatic rings. The van der Waals surface area contributed by atoms with Gasteiger partial charge in [0.15, 0.2) is 0 Å². The number of amides is 1. The number of benzene rings is 1. The first-order valence-electron chi connectivity index (χ1n) is 7.68. The summed E-state index contributed by atoms with van der Waals surface area (Å²) in [7, 11) is 0. The molecule has 4 N–H and O–H groups in total. The van der Waals surface area contributed by atoms with E-state index in [2.05, 4.69) is 10.2 Å². The second-order valence-electron chi connectivity index (χ2n) is 6.24. The van der Waals surface area contributed by atoms with Crippen molar-refractivity contribution < 1.29 is 4.79 Å². The van der Waals surface area contributed by atoms with E-state index in [1.165, 1.54) is 6.21 Å². The molecule has 1 aromatic rings. The van der Waals surface area contributed by atoms with Gasteiger partial charge in [0, 0.05) is 53.2 Å². The van der Waals surface area contributed by atoms with Gasteiger partial charge in [-0.25, -0.2) is 0 Å². The van der Waals surface area contributed by atoms with E-state index in [4.69, 9.17) is 22.7 Å². The normalized spacial score (nSPS) is 20.8. The SMILES string of the molecule is N=Cc1c(N)cc(Cl)cc1N1CCC2(CCCC(=O)N2)CC1. The number of anilines is 2. The highest BCUT2D eigenvalue weighted by molar-refractivity contribution is 6.31. The van der Waals surface area contributed by atoms with E-state index in [0.717, 1.165) is 44.5 Å². The van der Waals surface area contributed by atoms with Gasteiger partial charge in [0.2, 0.25) is 5.91 Å². The summed E-state index contributed by atoms with van der Waals surface area (Å²) in [6.45, 7) is 1.67. The zero-order valence-electron chi connectivity index (χ0n) is 12.5. The molecule has 2 aliphatic heterocycles. The van der Waals surface area contributed by atoms with Gasteiger partial charge in [0.25, 0.3) is 0 Å². The molecule has 1 amide bonds. The van der Waals surface area contributed by atoms with E-state index in [0.29, 0.717) is 22.7 Å².